The zero-order chi connectivity index (χ0) is 12.8. The van der Waals surface area contributed by atoms with Crippen molar-refractivity contribution in [1.82, 2.24) is 14.7 Å². The predicted molar refractivity (Wildman–Crippen MR) is 65.0 cm³/mol. The second-order valence-electron chi connectivity index (χ2n) is 3.19. The monoisotopic (exact) mass is 275 g/mol. The van der Waals surface area contributed by atoms with Crippen LogP contribution in [0.1, 0.15) is 12.7 Å². The van der Waals surface area contributed by atoms with Gasteiger partial charge in [-0.3, -0.25) is 4.79 Å². The van der Waals surface area contributed by atoms with Gasteiger partial charge in [0.25, 0.3) is 0 Å². The van der Waals surface area contributed by atoms with E-state index in [-0.39, 0.29) is 5.91 Å². The zero-order valence-corrected chi connectivity index (χ0v) is 11.4. The molecule has 0 aromatic carbocycles. The van der Waals surface area contributed by atoms with Crippen LogP contribution in [-0.4, -0.2) is 40.1 Å². The van der Waals surface area contributed by atoms with Crippen LogP contribution >= 0.6 is 23.3 Å². The van der Waals surface area contributed by atoms with Crippen molar-refractivity contribution < 1.29 is 14.3 Å². The van der Waals surface area contributed by atoms with Crippen molar-refractivity contribution in [2.24, 2.45) is 0 Å². The molecule has 1 N–H and O–H groups in total. The van der Waals surface area contributed by atoms with E-state index in [1.807, 2.05) is 0 Å². The van der Waals surface area contributed by atoms with Gasteiger partial charge in [-0.2, -0.15) is 4.37 Å². The van der Waals surface area contributed by atoms with Crippen LogP contribution in [0.5, 0.6) is 0 Å². The van der Waals surface area contributed by atoms with Gasteiger partial charge in [0, 0.05) is 12.7 Å². The summed E-state index contributed by atoms with van der Waals surface area (Å²) in [6.07, 6.45) is 0. The standard InChI is InChI=1S/C9H13N3O3S2/c1-5-10-9(17-12-5)16-4-7(8(14)15-3)11-6(2)13/h7H,4H2,1-3H3,(H,11,13). The summed E-state index contributed by atoms with van der Waals surface area (Å²) in [4.78, 5) is 26.5. The molecule has 0 aliphatic heterocycles. The van der Waals surface area contributed by atoms with E-state index in [1.165, 1.54) is 37.3 Å². The van der Waals surface area contributed by atoms with E-state index < -0.39 is 12.0 Å². The average Bonchev–Trinajstić information content (AvgIpc) is 2.68. The molecule has 1 aromatic heterocycles. The van der Waals surface area contributed by atoms with Gasteiger partial charge < -0.3 is 10.1 Å². The highest BCUT2D eigenvalue weighted by Gasteiger charge is 2.20. The Bertz CT molecular complexity index is 408. The molecule has 0 aliphatic carbocycles. The molecule has 6 nitrogen and oxygen atoms in total. The maximum absolute atomic E-state index is 11.4. The first-order valence-corrected chi connectivity index (χ1v) is 6.57. The number of hydrogen-bond donors (Lipinski definition) is 1. The smallest absolute Gasteiger partial charge is 0.329 e. The first-order chi connectivity index (χ1) is 8.02. The molecular weight excluding hydrogens is 262 g/mol. The first kappa shape index (κ1) is 13.9. The Morgan fingerprint density at radius 2 is 2.29 bits per heavy atom. The van der Waals surface area contributed by atoms with Gasteiger partial charge in [0.2, 0.25) is 5.91 Å². The highest BCUT2D eigenvalue weighted by molar-refractivity contribution is 8.01. The third-order valence-electron chi connectivity index (χ3n) is 1.75. The Kier molecular flexibility index (Phi) is 5.36. The molecule has 1 aromatic rings. The number of thioether (sulfide) groups is 1. The summed E-state index contributed by atoms with van der Waals surface area (Å²) < 4.78 is 9.40. The summed E-state index contributed by atoms with van der Waals surface area (Å²) >= 11 is 2.63. The van der Waals surface area contributed by atoms with Crippen LogP contribution in [0.15, 0.2) is 4.34 Å². The van der Waals surface area contributed by atoms with Gasteiger partial charge in [0.1, 0.15) is 11.9 Å². The lowest BCUT2D eigenvalue weighted by Crippen LogP contribution is -2.42. The number of carbonyl (C=O) groups is 2. The molecule has 0 spiro atoms. The normalized spacial score (nSPS) is 11.9. The Balaban J connectivity index is 2.54. The van der Waals surface area contributed by atoms with Crippen LogP contribution in [-0.2, 0) is 14.3 Å². The molecule has 0 radical (unpaired) electrons. The first-order valence-electron chi connectivity index (χ1n) is 4.81. The minimum absolute atomic E-state index is 0.269. The van der Waals surface area contributed by atoms with Crippen LogP contribution in [0.2, 0.25) is 0 Å². The van der Waals surface area contributed by atoms with Gasteiger partial charge in [-0.25, -0.2) is 9.78 Å². The van der Waals surface area contributed by atoms with Crippen molar-refractivity contribution in [2.45, 2.75) is 24.2 Å². The van der Waals surface area contributed by atoms with Crippen molar-refractivity contribution in [1.29, 1.82) is 0 Å². The molecule has 0 aliphatic rings. The molecular formula is C9H13N3O3S2. The fraction of sp³-hybridized carbons (Fsp3) is 0.556. The molecule has 94 valence electrons. The van der Waals surface area contributed by atoms with E-state index in [1.54, 1.807) is 6.92 Å². The zero-order valence-electron chi connectivity index (χ0n) is 9.72. The lowest BCUT2D eigenvalue weighted by Gasteiger charge is -2.13. The minimum Gasteiger partial charge on any atom is -0.467 e. The van der Waals surface area contributed by atoms with Crippen molar-refractivity contribution in [3.05, 3.63) is 5.82 Å². The largest absolute Gasteiger partial charge is 0.467 e. The van der Waals surface area contributed by atoms with Crippen LogP contribution in [0.25, 0.3) is 0 Å². The maximum atomic E-state index is 11.4. The van der Waals surface area contributed by atoms with Gasteiger partial charge in [0.05, 0.1) is 7.11 Å². The van der Waals surface area contributed by atoms with Crippen LogP contribution in [0.4, 0.5) is 0 Å². The average molecular weight is 275 g/mol. The molecule has 1 atom stereocenters. The van der Waals surface area contributed by atoms with E-state index >= 15 is 0 Å². The molecule has 0 saturated heterocycles. The van der Waals surface area contributed by atoms with Crippen molar-refractivity contribution >= 4 is 35.2 Å². The van der Waals surface area contributed by atoms with Gasteiger partial charge in [-0.15, -0.1) is 0 Å². The third-order valence-corrected chi connectivity index (χ3v) is 3.76. The second kappa shape index (κ2) is 6.55. The molecule has 1 heterocycles. The highest BCUT2D eigenvalue weighted by Crippen LogP contribution is 2.20. The lowest BCUT2D eigenvalue weighted by molar-refractivity contribution is -0.144. The minimum atomic E-state index is -0.660. The topological polar surface area (TPSA) is 81.2 Å². The molecule has 1 unspecified atom stereocenters. The number of hydrogen-bond acceptors (Lipinski definition) is 7. The quantitative estimate of drug-likeness (QED) is 0.626. The number of aromatic nitrogens is 2. The van der Waals surface area contributed by atoms with Gasteiger partial charge in [0.15, 0.2) is 4.34 Å². The number of carbonyl (C=O) groups excluding carboxylic acids is 2. The third kappa shape index (κ3) is 4.70. The second-order valence-corrected chi connectivity index (χ2v) is 5.21. The molecule has 1 amide bonds. The van der Waals surface area contributed by atoms with E-state index in [4.69, 9.17) is 0 Å². The summed E-state index contributed by atoms with van der Waals surface area (Å²) in [5.41, 5.74) is 0. The van der Waals surface area contributed by atoms with Crippen LogP contribution < -0.4 is 5.32 Å². The summed E-state index contributed by atoms with van der Waals surface area (Å²) in [6.45, 7) is 3.15. The van der Waals surface area contributed by atoms with E-state index in [9.17, 15) is 9.59 Å². The van der Waals surface area contributed by atoms with Gasteiger partial charge in [-0.05, 0) is 18.5 Å². The number of amides is 1. The fourth-order valence-corrected chi connectivity index (χ4v) is 2.72. The Morgan fingerprint density at radius 1 is 1.59 bits per heavy atom. The molecule has 8 heteroatoms. The van der Waals surface area contributed by atoms with Crippen LogP contribution in [0, 0.1) is 6.92 Å². The van der Waals surface area contributed by atoms with Crippen LogP contribution in [0.3, 0.4) is 0 Å². The summed E-state index contributed by atoms with van der Waals surface area (Å²) in [5.74, 6) is 0.343. The molecule has 0 saturated carbocycles. The SMILES string of the molecule is COC(=O)C(CSc1nc(C)ns1)NC(C)=O. The Hall–Kier alpha value is -1.15. The number of nitrogens with one attached hydrogen (secondary N) is 1. The molecule has 1 rings (SSSR count). The molecule has 17 heavy (non-hydrogen) atoms. The maximum Gasteiger partial charge on any atom is 0.329 e. The number of esters is 1. The predicted octanol–water partition coefficient (Wildman–Crippen LogP) is 0.616. The highest BCUT2D eigenvalue weighted by atomic mass is 32.2. The number of rotatable bonds is 5. The molecule has 0 bridgehead atoms. The molecule has 0 fully saturated rings. The summed E-state index contributed by atoms with van der Waals surface area (Å²) in [5, 5.41) is 2.53. The van der Waals surface area contributed by atoms with Gasteiger partial charge >= 0.3 is 5.97 Å². The lowest BCUT2D eigenvalue weighted by atomic mass is 10.3. The van der Waals surface area contributed by atoms with Crippen molar-refractivity contribution in [3.63, 3.8) is 0 Å². The number of aryl methyl sites for hydroxylation is 1. The fourth-order valence-electron chi connectivity index (χ4n) is 1.05. The number of ether oxygens (including phenoxy) is 1. The van der Waals surface area contributed by atoms with Crippen molar-refractivity contribution in [2.75, 3.05) is 12.9 Å². The van der Waals surface area contributed by atoms with E-state index in [2.05, 4.69) is 19.4 Å². The van der Waals surface area contributed by atoms with Crippen molar-refractivity contribution in [3.8, 4) is 0 Å². The number of nitrogens with zero attached hydrogens (tertiary/aromatic N) is 2. The number of methoxy groups -OCH3 is 1. The van der Waals surface area contributed by atoms with E-state index in [0.29, 0.717) is 11.6 Å². The summed E-state index contributed by atoms with van der Waals surface area (Å²) in [6, 6.07) is -0.660. The van der Waals surface area contributed by atoms with E-state index in [0.717, 1.165) is 4.34 Å². The van der Waals surface area contributed by atoms with Gasteiger partial charge in [-0.1, -0.05) is 11.8 Å². The Labute approximate surface area is 107 Å². The summed E-state index contributed by atoms with van der Waals surface area (Å²) in [7, 11) is 1.29. The Morgan fingerprint density at radius 3 is 2.76 bits per heavy atom.